The number of amides is 1. The molecule has 0 aliphatic rings. The summed E-state index contributed by atoms with van der Waals surface area (Å²) in [4.78, 5) is 21.9. The Hall–Kier alpha value is -2.61. The number of ether oxygens (including phenoxy) is 1. The second kappa shape index (κ2) is 11.2. The molecule has 11 heteroatoms. The van der Waals surface area contributed by atoms with Gasteiger partial charge in [0.25, 0.3) is 0 Å². The van der Waals surface area contributed by atoms with E-state index in [0.717, 1.165) is 4.88 Å². The average molecular weight is 551 g/mol. The zero-order valence-corrected chi connectivity index (χ0v) is 24.2. The summed E-state index contributed by atoms with van der Waals surface area (Å²) in [7, 11) is -1.77. The van der Waals surface area contributed by atoms with Crippen LogP contribution >= 0.6 is 22.9 Å². The van der Waals surface area contributed by atoms with Crippen molar-refractivity contribution in [2.45, 2.75) is 78.1 Å². The summed E-state index contributed by atoms with van der Waals surface area (Å²) >= 11 is 7.85. The fourth-order valence-electron chi connectivity index (χ4n) is 3.16. The molecule has 3 aromatic rings. The highest BCUT2D eigenvalue weighted by Crippen LogP contribution is 2.32. The van der Waals surface area contributed by atoms with E-state index in [0.29, 0.717) is 34.8 Å². The Kier molecular flexibility index (Phi) is 8.70. The number of thiophene rings is 1. The molecule has 2 atom stereocenters. The summed E-state index contributed by atoms with van der Waals surface area (Å²) in [6.45, 7) is 13.7. The second-order valence-electron chi connectivity index (χ2n) is 10.5. The second-order valence-corrected chi connectivity index (χ2v) is 16.6. The van der Waals surface area contributed by atoms with Gasteiger partial charge in [0.05, 0.1) is 18.2 Å². The maximum absolute atomic E-state index is 15.3. The molecule has 7 nitrogen and oxygen atoms in total. The highest BCUT2D eigenvalue weighted by Gasteiger charge is 2.27. The molecule has 0 spiro atoms. The number of hydrogen-bond acceptors (Lipinski definition) is 7. The molecule has 0 unspecified atom stereocenters. The van der Waals surface area contributed by atoms with Crippen LogP contribution in [-0.2, 0) is 17.7 Å². The number of anilines is 1. The minimum atomic E-state index is -1.77. The first-order valence-corrected chi connectivity index (χ1v) is 16.4. The number of nitrogens with one attached hydrogen (secondary N) is 2. The molecule has 3 rings (SSSR count). The minimum Gasteiger partial charge on any atom is -0.454 e. The van der Waals surface area contributed by atoms with E-state index in [1.54, 1.807) is 39.0 Å². The monoisotopic (exact) mass is 550 g/mol. The van der Waals surface area contributed by atoms with Gasteiger partial charge in [-0.2, -0.15) is 4.98 Å². The van der Waals surface area contributed by atoms with Gasteiger partial charge in [-0.25, -0.2) is 14.2 Å². The number of fused-ring (bicyclic) bond motifs is 1. The SMILES string of the molecule is C[C@@H](NC(=O)OC(C)(C)C)[C@@H](F)Cc1oc2c(NCc3cccs3)nc(Cl)nc2c1C#C[Si](C)(C)C. The van der Waals surface area contributed by atoms with Crippen molar-refractivity contribution in [3.8, 4) is 11.5 Å². The van der Waals surface area contributed by atoms with Crippen LogP contribution in [0.25, 0.3) is 11.1 Å². The summed E-state index contributed by atoms with van der Waals surface area (Å²) in [5.74, 6) is 3.92. The van der Waals surface area contributed by atoms with Crippen LogP contribution in [0.5, 0.6) is 0 Å². The summed E-state index contributed by atoms with van der Waals surface area (Å²) in [5, 5.41) is 7.82. The number of carbonyl (C=O) groups is 1. The smallest absolute Gasteiger partial charge is 0.407 e. The number of nitrogens with zero attached hydrogens (tertiary/aromatic N) is 2. The fraction of sp³-hybridized carbons (Fsp3) is 0.480. The van der Waals surface area contributed by atoms with Crippen LogP contribution in [0.3, 0.4) is 0 Å². The summed E-state index contributed by atoms with van der Waals surface area (Å²) < 4.78 is 26.7. The lowest BCUT2D eigenvalue weighted by molar-refractivity contribution is 0.0479. The Balaban J connectivity index is 1.94. The van der Waals surface area contributed by atoms with E-state index in [9.17, 15) is 4.79 Å². The lowest BCUT2D eigenvalue weighted by Crippen LogP contribution is -2.42. The van der Waals surface area contributed by atoms with Gasteiger partial charge in [0.15, 0.2) is 11.4 Å². The van der Waals surface area contributed by atoms with E-state index in [1.807, 2.05) is 17.5 Å². The van der Waals surface area contributed by atoms with Gasteiger partial charge in [-0.3, -0.25) is 0 Å². The third kappa shape index (κ3) is 7.95. The molecular formula is C25H32ClFN4O3SSi. The highest BCUT2D eigenvalue weighted by molar-refractivity contribution is 7.09. The van der Waals surface area contributed by atoms with Gasteiger partial charge in [-0.1, -0.05) is 31.6 Å². The zero-order chi connectivity index (χ0) is 26.7. The molecule has 0 aliphatic carbocycles. The Morgan fingerprint density at radius 2 is 2.06 bits per heavy atom. The summed E-state index contributed by atoms with van der Waals surface area (Å²) in [6.07, 6.45) is -2.26. The molecule has 0 saturated carbocycles. The number of aromatic nitrogens is 2. The van der Waals surface area contributed by atoms with Crippen molar-refractivity contribution in [3.05, 3.63) is 39.0 Å². The zero-order valence-electron chi connectivity index (χ0n) is 21.6. The predicted octanol–water partition coefficient (Wildman–Crippen LogP) is 6.57. The Morgan fingerprint density at radius 1 is 1.33 bits per heavy atom. The highest BCUT2D eigenvalue weighted by atomic mass is 35.5. The number of halogens is 2. The van der Waals surface area contributed by atoms with Crippen molar-refractivity contribution in [1.82, 2.24) is 15.3 Å². The lowest BCUT2D eigenvalue weighted by atomic mass is 10.1. The van der Waals surface area contributed by atoms with Crippen molar-refractivity contribution in [3.63, 3.8) is 0 Å². The van der Waals surface area contributed by atoms with Crippen molar-refractivity contribution >= 4 is 54.0 Å². The largest absolute Gasteiger partial charge is 0.454 e. The third-order valence-electron chi connectivity index (χ3n) is 4.82. The third-order valence-corrected chi connectivity index (χ3v) is 6.74. The van der Waals surface area contributed by atoms with Crippen LogP contribution in [0.1, 0.15) is 43.9 Å². The maximum Gasteiger partial charge on any atom is 0.407 e. The first kappa shape index (κ1) is 28.0. The molecule has 2 N–H and O–H groups in total. The Morgan fingerprint density at radius 3 is 2.67 bits per heavy atom. The van der Waals surface area contributed by atoms with E-state index in [1.165, 1.54) is 0 Å². The molecule has 0 fully saturated rings. The van der Waals surface area contributed by atoms with Crippen LogP contribution < -0.4 is 10.6 Å². The van der Waals surface area contributed by atoms with Crippen molar-refractivity contribution in [2.24, 2.45) is 0 Å². The fourth-order valence-corrected chi connectivity index (χ4v) is 4.47. The number of alkyl carbamates (subject to hydrolysis) is 1. The van der Waals surface area contributed by atoms with Crippen LogP contribution in [0.4, 0.5) is 15.0 Å². The average Bonchev–Trinajstić information content (AvgIpc) is 3.36. The van der Waals surface area contributed by atoms with Crippen molar-refractivity contribution in [2.75, 3.05) is 5.32 Å². The van der Waals surface area contributed by atoms with Gasteiger partial charge in [-0.15, -0.1) is 16.9 Å². The summed E-state index contributed by atoms with van der Waals surface area (Å²) in [6, 6.07) is 3.15. The van der Waals surface area contributed by atoms with Crippen molar-refractivity contribution in [1.29, 1.82) is 0 Å². The van der Waals surface area contributed by atoms with Gasteiger partial charge in [-0.05, 0) is 50.7 Å². The quantitative estimate of drug-likeness (QED) is 0.196. The topological polar surface area (TPSA) is 89.3 Å². The predicted molar refractivity (Wildman–Crippen MR) is 146 cm³/mol. The molecule has 0 bridgehead atoms. The molecule has 36 heavy (non-hydrogen) atoms. The van der Waals surface area contributed by atoms with E-state index in [4.69, 9.17) is 20.8 Å². The molecular weight excluding hydrogens is 519 g/mol. The summed E-state index contributed by atoms with van der Waals surface area (Å²) in [5.41, 5.74) is 3.91. The van der Waals surface area contributed by atoms with Gasteiger partial charge < -0.3 is 19.8 Å². The first-order chi connectivity index (χ1) is 16.7. The number of rotatable bonds is 7. The maximum atomic E-state index is 15.3. The molecule has 0 aliphatic heterocycles. The molecule has 0 saturated heterocycles. The van der Waals surface area contributed by atoms with Gasteiger partial charge >= 0.3 is 6.09 Å². The van der Waals surface area contributed by atoms with Gasteiger partial charge in [0.1, 0.15) is 31.1 Å². The van der Waals surface area contributed by atoms with E-state index < -0.39 is 32.0 Å². The molecule has 3 heterocycles. The van der Waals surface area contributed by atoms with Gasteiger partial charge in [0.2, 0.25) is 5.28 Å². The van der Waals surface area contributed by atoms with E-state index in [2.05, 4.69) is 51.7 Å². The van der Waals surface area contributed by atoms with E-state index >= 15 is 4.39 Å². The van der Waals surface area contributed by atoms with Crippen LogP contribution in [0.2, 0.25) is 24.9 Å². The van der Waals surface area contributed by atoms with Crippen LogP contribution in [0, 0.1) is 11.5 Å². The number of alkyl halides is 1. The van der Waals surface area contributed by atoms with Crippen LogP contribution in [-0.4, -0.2) is 41.9 Å². The molecule has 3 aromatic heterocycles. The molecule has 0 aromatic carbocycles. The lowest BCUT2D eigenvalue weighted by Gasteiger charge is -2.23. The standard InChI is InChI=1S/C25H32ClFN4O3SSi/c1-15(29-24(32)34-25(2,3)4)18(27)13-19-17(10-12-36(5,6)7)20-21(33-19)22(31-23(26)30-20)28-14-16-9-8-11-35-16/h8-9,11,15,18H,13-14H2,1-7H3,(H,29,32)(H,28,30,31)/t15-,18+/m1/s1. The number of carbonyl (C=O) groups excluding carboxylic acids is 1. The number of furan rings is 1. The van der Waals surface area contributed by atoms with E-state index in [-0.39, 0.29) is 11.7 Å². The molecule has 0 radical (unpaired) electrons. The van der Waals surface area contributed by atoms with Gasteiger partial charge in [0, 0.05) is 11.3 Å². The van der Waals surface area contributed by atoms with Crippen molar-refractivity contribution < 1.29 is 18.3 Å². The molecule has 1 amide bonds. The minimum absolute atomic E-state index is 0.0383. The Bertz CT molecular complexity index is 1270. The number of hydrogen-bond donors (Lipinski definition) is 2. The first-order valence-electron chi connectivity index (χ1n) is 11.6. The Labute approximate surface area is 221 Å². The normalized spacial score (nSPS) is 13.6. The van der Waals surface area contributed by atoms with Crippen LogP contribution in [0.15, 0.2) is 21.9 Å². The molecule has 194 valence electrons.